The zero-order chi connectivity index (χ0) is 12.1. The van der Waals surface area contributed by atoms with Crippen molar-refractivity contribution in [1.82, 2.24) is 15.4 Å². The van der Waals surface area contributed by atoms with Gasteiger partial charge in [-0.15, -0.1) is 0 Å². The van der Waals surface area contributed by atoms with E-state index in [1.807, 2.05) is 18.2 Å². The summed E-state index contributed by atoms with van der Waals surface area (Å²) < 4.78 is 0. The average Bonchev–Trinajstić information content (AvgIpc) is 2.89. The van der Waals surface area contributed by atoms with Crippen LogP contribution >= 0.6 is 11.8 Å². The molecule has 1 aromatic heterocycles. The maximum atomic E-state index is 11.5. The normalized spacial score (nSPS) is 10.2. The molecule has 6 heteroatoms. The van der Waals surface area contributed by atoms with Crippen LogP contribution < -0.4 is 11.3 Å². The molecule has 0 unspecified atom stereocenters. The molecule has 88 valence electrons. The maximum absolute atomic E-state index is 11.5. The van der Waals surface area contributed by atoms with E-state index in [0.717, 1.165) is 10.7 Å². The quantitative estimate of drug-likeness (QED) is 0.329. The Morgan fingerprint density at radius 1 is 1.47 bits per heavy atom. The first-order chi connectivity index (χ1) is 8.31. The van der Waals surface area contributed by atoms with Crippen molar-refractivity contribution in [3.05, 3.63) is 47.8 Å². The van der Waals surface area contributed by atoms with Crippen molar-refractivity contribution >= 4 is 17.7 Å². The number of hydrazine groups is 1. The van der Waals surface area contributed by atoms with Crippen molar-refractivity contribution in [2.45, 2.75) is 10.9 Å². The SMILES string of the molecule is NNC(=O)c1ccccc1CSc1ncc[nH]1. The standard InChI is InChI=1S/C11H12N4OS/c12-15-10(16)9-4-2-1-3-8(9)7-17-11-13-5-6-14-11/h1-6H,7,12H2,(H,13,14)(H,15,16). The zero-order valence-corrected chi connectivity index (χ0v) is 9.83. The molecule has 4 N–H and O–H groups in total. The van der Waals surface area contributed by atoms with Crippen LogP contribution in [-0.4, -0.2) is 15.9 Å². The number of nitrogens with one attached hydrogen (secondary N) is 2. The van der Waals surface area contributed by atoms with Gasteiger partial charge in [-0.05, 0) is 11.6 Å². The van der Waals surface area contributed by atoms with E-state index >= 15 is 0 Å². The first-order valence-electron chi connectivity index (χ1n) is 5.02. The van der Waals surface area contributed by atoms with Crippen molar-refractivity contribution in [3.8, 4) is 0 Å². The number of carbonyl (C=O) groups excluding carboxylic acids is 1. The van der Waals surface area contributed by atoms with E-state index in [-0.39, 0.29) is 5.91 Å². The second kappa shape index (κ2) is 5.51. The van der Waals surface area contributed by atoms with Crippen LogP contribution in [0.1, 0.15) is 15.9 Å². The van der Waals surface area contributed by atoms with Gasteiger partial charge in [-0.25, -0.2) is 10.8 Å². The Bertz CT molecular complexity index is 498. The third-order valence-electron chi connectivity index (χ3n) is 2.23. The highest BCUT2D eigenvalue weighted by molar-refractivity contribution is 7.98. The first kappa shape index (κ1) is 11.7. The van der Waals surface area contributed by atoms with Crippen LogP contribution in [0.5, 0.6) is 0 Å². The summed E-state index contributed by atoms with van der Waals surface area (Å²) >= 11 is 1.53. The largest absolute Gasteiger partial charge is 0.340 e. The van der Waals surface area contributed by atoms with Crippen molar-refractivity contribution in [3.63, 3.8) is 0 Å². The fourth-order valence-corrected chi connectivity index (χ4v) is 2.25. The van der Waals surface area contributed by atoms with Crippen LogP contribution in [0.25, 0.3) is 0 Å². The molecule has 0 fully saturated rings. The van der Waals surface area contributed by atoms with E-state index in [1.54, 1.807) is 18.5 Å². The van der Waals surface area contributed by atoms with Crippen LogP contribution in [0.4, 0.5) is 0 Å². The lowest BCUT2D eigenvalue weighted by Crippen LogP contribution is -2.30. The number of H-pyrrole nitrogens is 1. The molecule has 0 radical (unpaired) electrons. The van der Waals surface area contributed by atoms with Crippen molar-refractivity contribution in [2.24, 2.45) is 5.84 Å². The number of nitrogens with zero attached hydrogens (tertiary/aromatic N) is 1. The van der Waals surface area contributed by atoms with Crippen molar-refractivity contribution in [2.75, 3.05) is 0 Å². The van der Waals surface area contributed by atoms with E-state index in [1.165, 1.54) is 11.8 Å². The second-order valence-corrected chi connectivity index (χ2v) is 4.28. The molecule has 0 aliphatic rings. The number of hydrogen-bond donors (Lipinski definition) is 3. The molecule has 0 saturated heterocycles. The maximum Gasteiger partial charge on any atom is 0.265 e. The molecule has 0 spiro atoms. The summed E-state index contributed by atoms with van der Waals surface area (Å²) in [6, 6.07) is 7.36. The lowest BCUT2D eigenvalue weighted by Gasteiger charge is -2.06. The second-order valence-electron chi connectivity index (χ2n) is 3.31. The summed E-state index contributed by atoms with van der Waals surface area (Å²) in [6.07, 6.45) is 3.46. The Hall–Kier alpha value is -1.79. The number of rotatable bonds is 4. The molecule has 1 amide bonds. The zero-order valence-electron chi connectivity index (χ0n) is 9.01. The van der Waals surface area contributed by atoms with Gasteiger partial charge < -0.3 is 4.98 Å². The highest BCUT2D eigenvalue weighted by Crippen LogP contribution is 2.21. The molecule has 0 saturated carbocycles. The monoisotopic (exact) mass is 248 g/mol. The predicted molar refractivity (Wildman–Crippen MR) is 66.2 cm³/mol. The number of carbonyl (C=O) groups is 1. The fraction of sp³-hybridized carbons (Fsp3) is 0.0909. The van der Waals surface area contributed by atoms with Gasteiger partial charge in [0, 0.05) is 23.7 Å². The van der Waals surface area contributed by atoms with Gasteiger partial charge in [0.15, 0.2) is 5.16 Å². The number of nitrogens with two attached hydrogens (primary N) is 1. The molecule has 2 aromatic rings. The van der Waals surface area contributed by atoms with Crippen LogP contribution in [0, 0.1) is 0 Å². The summed E-state index contributed by atoms with van der Waals surface area (Å²) in [5.74, 6) is 5.53. The number of aromatic nitrogens is 2. The topological polar surface area (TPSA) is 83.8 Å². The molecule has 17 heavy (non-hydrogen) atoms. The van der Waals surface area contributed by atoms with Crippen molar-refractivity contribution < 1.29 is 4.79 Å². The Kier molecular flexibility index (Phi) is 3.79. The molecule has 0 bridgehead atoms. The van der Waals surface area contributed by atoms with E-state index in [4.69, 9.17) is 5.84 Å². The van der Waals surface area contributed by atoms with E-state index in [9.17, 15) is 4.79 Å². The van der Waals surface area contributed by atoms with Gasteiger partial charge in [0.05, 0.1) is 0 Å². The lowest BCUT2D eigenvalue weighted by atomic mass is 10.1. The highest BCUT2D eigenvalue weighted by Gasteiger charge is 2.09. The molecule has 0 aliphatic heterocycles. The number of benzene rings is 1. The Labute approximate surface area is 103 Å². The predicted octanol–water partition coefficient (Wildman–Crippen LogP) is 1.31. The number of thioether (sulfide) groups is 1. The van der Waals surface area contributed by atoms with Gasteiger partial charge >= 0.3 is 0 Å². The van der Waals surface area contributed by atoms with Crippen LogP contribution in [0.3, 0.4) is 0 Å². The third-order valence-corrected chi connectivity index (χ3v) is 3.18. The van der Waals surface area contributed by atoms with Gasteiger partial charge in [-0.3, -0.25) is 10.2 Å². The summed E-state index contributed by atoms with van der Waals surface area (Å²) in [5.41, 5.74) is 3.66. The highest BCUT2D eigenvalue weighted by atomic mass is 32.2. The fourth-order valence-electron chi connectivity index (χ4n) is 1.42. The van der Waals surface area contributed by atoms with Crippen LogP contribution in [0.2, 0.25) is 0 Å². The van der Waals surface area contributed by atoms with E-state index in [2.05, 4.69) is 15.4 Å². The molecule has 5 nitrogen and oxygen atoms in total. The molecule has 2 rings (SSSR count). The number of nitrogen functional groups attached to an aromatic ring is 1. The van der Waals surface area contributed by atoms with Crippen LogP contribution in [0.15, 0.2) is 41.8 Å². The summed E-state index contributed by atoms with van der Waals surface area (Å²) in [7, 11) is 0. The number of aromatic amines is 1. The average molecular weight is 248 g/mol. The molecule has 0 aliphatic carbocycles. The van der Waals surface area contributed by atoms with E-state index in [0.29, 0.717) is 11.3 Å². The minimum Gasteiger partial charge on any atom is -0.340 e. The molecule has 1 heterocycles. The van der Waals surface area contributed by atoms with Gasteiger partial charge in [-0.2, -0.15) is 0 Å². The summed E-state index contributed by atoms with van der Waals surface area (Å²) in [6.45, 7) is 0. The molecular weight excluding hydrogens is 236 g/mol. The first-order valence-corrected chi connectivity index (χ1v) is 6.01. The number of amides is 1. The van der Waals surface area contributed by atoms with Gasteiger partial charge in [0.2, 0.25) is 0 Å². The van der Waals surface area contributed by atoms with Gasteiger partial charge in [0.1, 0.15) is 0 Å². The number of imidazole rings is 1. The molecular formula is C11H12N4OS. The summed E-state index contributed by atoms with van der Waals surface area (Å²) in [4.78, 5) is 18.6. The number of hydrogen-bond acceptors (Lipinski definition) is 4. The van der Waals surface area contributed by atoms with E-state index < -0.39 is 0 Å². The minimum atomic E-state index is -0.277. The Morgan fingerprint density at radius 2 is 2.29 bits per heavy atom. The van der Waals surface area contributed by atoms with Crippen LogP contribution in [-0.2, 0) is 5.75 Å². The van der Waals surface area contributed by atoms with Crippen molar-refractivity contribution in [1.29, 1.82) is 0 Å². The Balaban J connectivity index is 2.12. The molecule has 1 aromatic carbocycles. The van der Waals surface area contributed by atoms with Gasteiger partial charge in [0.25, 0.3) is 5.91 Å². The smallest absolute Gasteiger partial charge is 0.265 e. The lowest BCUT2D eigenvalue weighted by molar-refractivity contribution is 0.0953. The third kappa shape index (κ3) is 2.86. The molecule has 0 atom stereocenters. The Morgan fingerprint density at radius 3 is 3.00 bits per heavy atom. The van der Waals surface area contributed by atoms with Gasteiger partial charge in [-0.1, -0.05) is 30.0 Å². The minimum absolute atomic E-state index is 0.277. The summed E-state index contributed by atoms with van der Waals surface area (Å²) in [5, 5.41) is 0.827.